The van der Waals surface area contributed by atoms with Gasteiger partial charge in [0.05, 0.1) is 19.1 Å². The zero-order valence-corrected chi connectivity index (χ0v) is 17.7. The molecular weight excluding hydrogens is 412 g/mol. The highest BCUT2D eigenvalue weighted by molar-refractivity contribution is 8.04. The van der Waals surface area contributed by atoms with Crippen molar-refractivity contribution in [1.29, 1.82) is 0 Å². The highest BCUT2D eigenvalue weighted by Gasteiger charge is 2.55. The van der Waals surface area contributed by atoms with Gasteiger partial charge in [-0.25, -0.2) is 0 Å². The van der Waals surface area contributed by atoms with Crippen LogP contribution in [0.25, 0.3) is 0 Å². The van der Waals surface area contributed by atoms with Crippen molar-refractivity contribution in [3.8, 4) is 17.2 Å². The summed E-state index contributed by atoms with van der Waals surface area (Å²) in [7, 11) is 2.96. The quantitative estimate of drug-likeness (QED) is 0.683. The Kier molecular flexibility index (Phi) is 5.09. The number of thioether (sulfide) groups is 1. The van der Waals surface area contributed by atoms with Gasteiger partial charge in [-0.05, 0) is 18.2 Å². The van der Waals surface area contributed by atoms with Gasteiger partial charge in [0.1, 0.15) is 22.1 Å². The normalized spacial score (nSPS) is 22.9. The molecule has 0 N–H and O–H groups in total. The molecule has 2 aromatic carbocycles. The van der Waals surface area contributed by atoms with E-state index >= 15 is 0 Å². The average Bonchev–Trinajstić information content (AvgIpc) is 3.02. The number of Topliss-reactive ketones (excluding diaryl/α,β-unsaturated/α-hetero) is 2. The van der Waals surface area contributed by atoms with Gasteiger partial charge in [0.25, 0.3) is 0 Å². The summed E-state index contributed by atoms with van der Waals surface area (Å²) in [5.41, 5.74) is -1.03. The van der Waals surface area contributed by atoms with Crippen LogP contribution in [0.2, 0.25) is 5.02 Å². The van der Waals surface area contributed by atoms with Crippen LogP contribution in [0.5, 0.6) is 17.2 Å². The Hall–Kier alpha value is -2.44. The van der Waals surface area contributed by atoms with Gasteiger partial charge in [0.15, 0.2) is 17.1 Å². The fourth-order valence-corrected chi connectivity index (χ4v) is 4.93. The molecule has 1 heterocycles. The number of fused-ring (bicyclic) bond motifs is 1. The van der Waals surface area contributed by atoms with Crippen LogP contribution in [0.3, 0.4) is 0 Å². The lowest BCUT2D eigenvalue weighted by atomic mass is 9.77. The summed E-state index contributed by atoms with van der Waals surface area (Å²) in [6, 6.07) is 11.1. The van der Waals surface area contributed by atoms with E-state index in [0.29, 0.717) is 16.4 Å². The standard InChI is InChI=1S/C22H19ClO5S/c1-12-9-14(24)17(29-13-7-5-4-6-8-13)11-22(12)21(25)18-15(26-2)10-16(27-3)19(23)20(18)28-22/h4-8,10-12H,9H2,1-3H3/t12-,22-/m1/s1. The lowest BCUT2D eigenvalue weighted by Crippen LogP contribution is -2.48. The molecule has 0 radical (unpaired) electrons. The molecule has 0 saturated heterocycles. The Labute approximate surface area is 178 Å². The number of halogens is 1. The molecule has 1 aliphatic heterocycles. The Morgan fingerprint density at radius 3 is 2.48 bits per heavy atom. The first-order valence-corrected chi connectivity index (χ1v) is 10.3. The van der Waals surface area contributed by atoms with Crippen molar-refractivity contribution >= 4 is 34.9 Å². The summed E-state index contributed by atoms with van der Waals surface area (Å²) >= 11 is 7.77. The van der Waals surface area contributed by atoms with Gasteiger partial charge in [-0.3, -0.25) is 9.59 Å². The second-order valence-corrected chi connectivity index (χ2v) is 8.47. The zero-order valence-electron chi connectivity index (χ0n) is 16.2. The second-order valence-electron chi connectivity index (χ2n) is 6.98. The van der Waals surface area contributed by atoms with Crippen molar-refractivity contribution in [3.05, 3.63) is 58.0 Å². The number of benzene rings is 2. The van der Waals surface area contributed by atoms with Gasteiger partial charge in [-0.2, -0.15) is 0 Å². The first kappa shape index (κ1) is 19.9. The van der Waals surface area contributed by atoms with Crippen LogP contribution in [0, 0.1) is 5.92 Å². The fourth-order valence-electron chi connectivity index (χ4n) is 3.69. The van der Waals surface area contributed by atoms with Gasteiger partial charge >= 0.3 is 0 Å². The first-order chi connectivity index (χ1) is 13.9. The Balaban J connectivity index is 1.83. The molecule has 0 unspecified atom stereocenters. The molecule has 2 aliphatic rings. The minimum atomic E-state index is -1.31. The van der Waals surface area contributed by atoms with Crippen LogP contribution in [-0.4, -0.2) is 31.4 Å². The summed E-state index contributed by atoms with van der Waals surface area (Å²) in [5, 5.41) is 0.211. The van der Waals surface area contributed by atoms with E-state index in [-0.39, 0.29) is 40.2 Å². The number of ketones is 2. The number of hydrogen-bond donors (Lipinski definition) is 0. The van der Waals surface area contributed by atoms with Crippen LogP contribution in [0.4, 0.5) is 0 Å². The Morgan fingerprint density at radius 1 is 1.14 bits per heavy atom. The second kappa shape index (κ2) is 7.43. The van der Waals surface area contributed by atoms with Crippen molar-refractivity contribution in [1.82, 2.24) is 0 Å². The van der Waals surface area contributed by atoms with E-state index in [0.717, 1.165) is 4.90 Å². The minimum Gasteiger partial charge on any atom is -0.496 e. The molecule has 4 rings (SSSR count). The number of hydrogen-bond acceptors (Lipinski definition) is 6. The van der Waals surface area contributed by atoms with E-state index in [1.165, 1.54) is 26.0 Å². The average molecular weight is 431 g/mol. The van der Waals surface area contributed by atoms with E-state index < -0.39 is 5.60 Å². The van der Waals surface area contributed by atoms with Crippen LogP contribution >= 0.6 is 23.4 Å². The van der Waals surface area contributed by atoms with Gasteiger partial charge in [-0.1, -0.05) is 48.5 Å². The molecule has 1 spiro atoms. The van der Waals surface area contributed by atoms with Crippen molar-refractivity contribution < 1.29 is 23.8 Å². The van der Waals surface area contributed by atoms with E-state index in [1.54, 1.807) is 12.1 Å². The maximum absolute atomic E-state index is 13.6. The maximum atomic E-state index is 13.6. The molecule has 5 nitrogen and oxygen atoms in total. The van der Waals surface area contributed by atoms with Crippen molar-refractivity contribution in [2.45, 2.75) is 23.8 Å². The summed E-state index contributed by atoms with van der Waals surface area (Å²) in [6.45, 7) is 1.83. The van der Waals surface area contributed by atoms with Gasteiger partial charge in [-0.15, -0.1) is 0 Å². The predicted octanol–water partition coefficient (Wildman–Crippen LogP) is 4.96. The number of allylic oxidation sites excluding steroid dienone is 1. The lowest BCUT2D eigenvalue weighted by molar-refractivity contribution is -0.117. The molecule has 0 bridgehead atoms. The molecule has 0 fully saturated rings. The zero-order chi connectivity index (χ0) is 20.8. The molecule has 2 aromatic rings. The molecule has 0 saturated carbocycles. The van der Waals surface area contributed by atoms with E-state index in [9.17, 15) is 9.59 Å². The molecule has 2 atom stereocenters. The van der Waals surface area contributed by atoms with E-state index in [2.05, 4.69) is 0 Å². The Morgan fingerprint density at radius 2 is 1.83 bits per heavy atom. The molecule has 0 amide bonds. The van der Waals surface area contributed by atoms with Crippen LogP contribution in [0.1, 0.15) is 23.7 Å². The van der Waals surface area contributed by atoms with Crippen molar-refractivity contribution in [2.75, 3.05) is 14.2 Å². The summed E-state index contributed by atoms with van der Waals surface area (Å²) in [4.78, 5) is 27.6. The largest absolute Gasteiger partial charge is 0.496 e. The molecule has 150 valence electrons. The summed E-state index contributed by atoms with van der Waals surface area (Å²) < 4.78 is 16.9. The highest BCUT2D eigenvalue weighted by atomic mass is 35.5. The first-order valence-electron chi connectivity index (χ1n) is 9.08. The van der Waals surface area contributed by atoms with Crippen molar-refractivity contribution in [3.63, 3.8) is 0 Å². The number of carbonyl (C=O) groups is 2. The minimum absolute atomic E-state index is 0.0139. The van der Waals surface area contributed by atoms with E-state index in [4.69, 9.17) is 25.8 Å². The van der Waals surface area contributed by atoms with Crippen LogP contribution in [-0.2, 0) is 4.79 Å². The Bertz CT molecular complexity index is 1030. The third-order valence-electron chi connectivity index (χ3n) is 5.26. The van der Waals surface area contributed by atoms with Gasteiger partial charge < -0.3 is 14.2 Å². The smallest absolute Gasteiger partial charge is 0.218 e. The molecule has 1 aliphatic carbocycles. The number of methoxy groups -OCH3 is 2. The molecule has 7 heteroatoms. The third-order valence-corrected chi connectivity index (χ3v) is 6.69. The van der Waals surface area contributed by atoms with Gasteiger partial charge in [0, 0.05) is 23.3 Å². The van der Waals surface area contributed by atoms with Gasteiger partial charge in [0.2, 0.25) is 5.78 Å². The van der Waals surface area contributed by atoms with E-state index in [1.807, 2.05) is 37.3 Å². The number of rotatable bonds is 4. The summed E-state index contributed by atoms with van der Waals surface area (Å²) in [5.74, 6) is 0.281. The summed E-state index contributed by atoms with van der Waals surface area (Å²) in [6.07, 6.45) is 1.84. The van der Waals surface area contributed by atoms with Crippen LogP contribution < -0.4 is 14.2 Å². The fraction of sp³-hybridized carbons (Fsp3) is 0.273. The maximum Gasteiger partial charge on any atom is 0.218 e. The topological polar surface area (TPSA) is 61.8 Å². The van der Waals surface area contributed by atoms with Crippen LogP contribution in [0.15, 0.2) is 52.3 Å². The molecular formula is C22H19ClO5S. The lowest BCUT2D eigenvalue weighted by Gasteiger charge is -2.34. The number of ether oxygens (including phenoxy) is 3. The molecule has 29 heavy (non-hydrogen) atoms. The number of carbonyl (C=O) groups excluding carboxylic acids is 2. The molecule has 0 aromatic heterocycles. The van der Waals surface area contributed by atoms with Crippen molar-refractivity contribution in [2.24, 2.45) is 5.92 Å². The predicted molar refractivity (Wildman–Crippen MR) is 111 cm³/mol. The highest BCUT2D eigenvalue weighted by Crippen LogP contribution is 2.53. The third kappa shape index (κ3) is 3.11. The SMILES string of the molecule is COc1cc(OC)c2c(c1Cl)O[C@@]1(C=C(Sc3ccccc3)C(=O)C[C@H]1C)C2=O. The monoisotopic (exact) mass is 430 g/mol.